The van der Waals surface area contributed by atoms with Crippen molar-refractivity contribution in [1.29, 1.82) is 0 Å². The predicted octanol–water partition coefficient (Wildman–Crippen LogP) is 2.94. The maximum atomic E-state index is 10.9. The van der Waals surface area contributed by atoms with Gasteiger partial charge in [0.05, 0.1) is 23.1 Å². The summed E-state index contributed by atoms with van der Waals surface area (Å²) in [5.41, 5.74) is 2.13. The molecule has 20 heavy (non-hydrogen) atoms. The van der Waals surface area contributed by atoms with E-state index in [1.165, 1.54) is 6.26 Å². The van der Waals surface area contributed by atoms with E-state index >= 15 is 0 Å². The lowest BCUT2D eigenvalue weighted by atomic mass is 10.3. The van der Waals surface area contributed by atoms with Gasteiger partial charge in [0.2, 0.25) is 0 Å². The lowest BCUT2D eigenvalue weighted by Crippen LogP contribution is -2.03. The Labute approximate surface area is 115 Å². The van der Waals surface area contributed by atoms with Gasteiger partial charge in [-0.3, -0.25) is 0 Å². The van der Waals surface area contributed by atoms with Gasteiger partial charge in [-0.2, -0.15) is 0 Å². The van der Waals surface area contributed by atoms with Crippen LogP contribution in [0.25, 0.3) is 11.0 Å². The van der Waals surface area contributed by atoms with Crippen molar-refractivity contribution >= 4 is 17.0 Å². The monoisotopic (exact) mass is 270 g/mol. The minimum absolute atomic E-state index is 0.169. The number of aromatic nitrogens is 2. The van der Waals surface area contributed by atoms with Crippen LogP contribution in [0.4, 0.5) is 0 Å². The average Bonchev–Trinajstić information content (AvgIpc) is 3.04. The zero-order valence-corrected chi connectivity index (χ0v) is 11.0. The minimum Gasteiger partial charge on any atom is -0.478 e. The Bertz CT molecular complexity index is 770. The minimum atomic E-state index is -0.980. The third-order valence-electron chi connectivity index (χ3n) is 3.26. The molecule has 3 rings (SSSR count). The fourth-order valence-electron chi connectivity index (χ4n) is 2.30. The van der Waals surface area contributed by atoms with Gasteiger partial charge in [-0.25, -0.2) is 9.78 Å². The van der Waals surface area contributed by atoms with Crippen molar-refractivity contribution in [1.82, 2.24) is 9.55 Å². The van der Waals surface area contributed by atoms with Crippen molar-refractivity contribution in [3.8, 4) is 0 Å². The number of fused-ring (bicyclic) bond motifs is 1. The number of nitrogens with zero attached hydrogens (tertiary/aromatic N) is 2. The summed E-state index contributed by atoms with van der Waals surface area (Å²) in [7, 11) is 0. The van der Waals surface area contributed by atoms with E-state index in [-0.39, 0.29) is 5.56 Å². The highest BCUT2D eigenvalue weighted by atomic mass is 16.4. The summed E-state index contributed by atoms with van der Waals surface area (Å²) >= 11 is 0. The van der Waals surface area contributed by atoms with Gasteiger partial charge in [0.15, 0.2) is 0 Å². The summed E-state index contributed by atoms with van der Waals surface area (Å²) in [6, 6.07) is 9.44. The fourth-order valence-corrected chi connectivity index (χ4v) is 2.30. The molecule has 0 spiro atoms. The molecule has 0 aliphatic rings. The summed E-state index contributed by atoms with van der Waals surface area (Å²) < 4.78 is 7.37. The van der Waals surface area contributed by atoms with Crippen LogP contribution in [0.15, 0.2) is 41.0 Å². The van der Waals surface area contributed by atoms with Crippen LogP contribution in [-0.4, -0.2) is 20.6 Å². The summed E-state index contributed by atoms with van der Waals surface area (Å²) in [4.78, 5) is 15.4. The smallest absolute Gasteiger partial charge is 0.338 e. The van der Waals surface area contributed by atoms with Crippen LogP contribution in [0.1, 0.15) is 28.9 Å². The van der Waals surface area contributed by atoms with Crippen molar-refractivity contribution < 1.29 is 14.3 Å². The van der Waals surface area contributed by atoms with Gasteiger partial charge in [-0.05, 0) is 18.2 Å². The van der Waals surface area contributed by atoms with E-state index < -0.39 is 5.97 Å². The van der Waals surface area contributed by atoms with Gasteiger partial charge < -0.3 is 14.1 Å². The molecule has 1 aromatic carbocycles. The summed E-state index contributed by atoms with van der Waals surface area (Å²) in [6.45, 7) is 2.53. The van der Waals surface area contributed by atoms with Crippen LogP contribution in [0.3, 0.4) is 0 Å². The van der Waals surface area contributed by atoms with Gasteiger partial charge in [0.1, 0.15) is 17.8 Å². The number of aryl methyl sites for hydroxylation is 1. The molecule has 0 bridgehead atoms. The molecule has 0 saturated heterocycles. The van der Waals surface area contributed by atoms with E-state index in [9.17, 15) is 4.79 Å². The van der Waals surface area contributed by atoms with Crippen LogP contribution in [0.2, 0.25) is 0 Å². The van der Waals surface area contributed by atoms with Crippen molar-refractivity contribution in [2.75, 3.05) is 0 Å². The van der Waals surface area contributed by atoms with Gasteiger partial charge in [0.25, 0.3) is 0 Å². The molecule has 0 radical (unpaired) electrons. The fraction of sp³-hybridized carbons (Fsp3) is 0.200. The second-order valence-electron chi connectivity index (χ2n) is 4.56. The van der Waals surface area contributed by atoms with Crippen LogP contribution < -0.4 is 0 Å². The standard InChI is InChI=1S/C15H14N2O3/c1-2-14-16-12-5-3-4-6-13(12)17(14)8-11-7-10(9-20-11)15(18)19/h3-7,9H,2,8H2,1H3,(H,18,19). The second-order valence-corrected chi connectivity index (χ2v) is 4.56. The van der Waals surface area contributed by atoms with Crippen LogP contribution in [0, 0.1) is 0 Å². The number of hydrogen-bond donors (Lipinski definition) is 1. The number of carbonyl (C=O) groups is 1. The number of carboxylic acid groups (broad SMARTS) is 1. The normalized spacial score (nSPS) is 11.1. The average molecular weight is 270 g/mol. The summed E-state index contributed by atoms with van der Waals surface area (Å²) in [6.07, 6.45) is 2.07. The number of aromatic carboxylic acids is 1. The first-order valence-electron chi connectivity index (χ1n) is 6.44. The molecule has 5 nitrogen and oxygen atoms in total. The molecule has 0 aliphatic carbocycles. The number of carboxylic acids is 1. The molecule has 5 heteroatoms. The summed E-state index contributed by atoms with van der Waals surface area (Å²) in [5, 5.41) is 8.92. The third kappa shape index (κ3) is 2.07. The first-order valence-corrected chi connectivity index (χ1v) is 6.44. The number of benzene rings is 1. The second kappa shape index (κ2) is 4.85. The lowest BCUT2D eigenvalue weighted by molar-refractivity contribution is 0.0696. The van der Waals surface area contributed by atoms with Crippen molar-refractivity contribution in [3.63, 3.8) is 0 Å². The molecule has 0 unspecified atom stereocenters. The Hall–Kier alpha value is -2.56. The zero-order valence-electron chi connectivity index (χ0n) is 11.0. The number of para-hydroxylation sites is 2. The zero-order chi connectivity index (χ0) is 14.1. The van der Waals surface area contributed by atoms with Crippen molar-refractivity contribution in [2.45, 2.75) is 19.9 Å². The SMILES string of the molecule is CCc1nc2ccccc2n1Cc1cc(C(=O)O)co1. The van der Waals surface area contributed by atoms with E-state index in [1.54, 1.807) is 6.07 Å². The number of rotatable bonds is 4. The van der Waals surface area contributed by atoms with E-state index in [1.807, 2.05) is 31.2 Å². The molecule has 0 aliphatic heterocycles. The van der Waals surface area contributed by atoms with Gasteiger partial charge in [-0.1, -0.05) is 19.1 Å². The molecule has 1 N–H and O–H groups in total. The lowest BCUT2D eigenvalue weighted by Gasteiger charge is -2.05. The Morgan fingerprint density at radius 2 is 2.20 bits per heavy atom. The van der Waals surface area contributed by atoms with Gasteiger partial charge >= 0.3 is 5.97 Å². The molecular formula is C15H14N2O3. The number of furan rings is 1. The Morgan fingerprint density at radius 1 is 1.40 bits per heavy atom. The number of imidazole rings is 1. The topological polar surface area (TPSA) is 68.3 Å². The molecule has 102 valence electrons. The predicted molar refractivity (Wildman–Crippen MR) is 73.9 cm³/mol. The van der Waals surface area contributed by atoms with E-state index in [0.29, 0.717) is 12.3 Å². The third-order valence-corrected chi connectivity index (χ3v) is 3.26. The number of hydrogen-bond acceptors (Lipinski definition) is 3. The molecule has 0 fully saturated rings. The highest BCUT2D eigenvalue weighted by molar-refractivity contribution is 5.87. The molecule has 0 saturated carbocycles. The molecule has 2 aromatic heterocycles. The Kier molecular flexibility index (Phi) is 3.02. The maximum absolute atomic E-state index is 10.9. The summed E-state index contributed by atoms with van der Waals surface area (Å²) in [5.74, 6) is 0.589. The van der Waals surface area contributed by atoms with Crippen LogP contribution in [-0.2, 0) is 13.0 Å². The van der Waals surface area contributed by atoms with Crippen LogP contribution in [0.5, 0.6) is 0 Å². The van der Waals surface area contributed by atoms with Gasteiger partial charge in [0, 0.05) is 6.42 Å². The molecular weight excluding hydrogens is 256 g/mol. The van der Waals surface area contributed by atoms with Gasteiger partial charge in [-0.15, -0.1) is 0 Å². The molecule has 0 atom stereocenters. The first kappa shape index (κ1) is 12.5. The van der Waals surface area contributed by atoms with E-state index in [4.69, 9.17) is 9.52 Å². The maximum Gasteiger partial charge on any atom is 0.338 e. The highest BCUT2D eigenvalue weighted by Crippen LogP contribution is 2.19. The Balaban J connectivity index is 2.02. The van der Waals surface area contributed by atoms with E-state index in [2.05, 4.69) is 9.55 Å². The largest absolute Gasteiger partial charge is 0.478 e. The van der Waals surface area contributed by atoms with Crippen LogP contribution >= 0.6 is 0 Å². The molecule has 2 heterocycles. The highest BCUT2D eigenvalue weighted by Gasteiger charge is 2.13. The quantitative estimate of drug-likeness (QED) is 0.791. The van der Waals surface area contributed by atoms with Crippen molar-refractivity contribution in [2.24, 2.45) is 0 Å². The first-order chi connectivity index (χ1) is 9.69. The molecule has 0 amide bonds. The van der Waals surface area contributed by atoms with E-state index in [0.717, 1.165) is 23.3 Å². The Morgan fingerprint density at radius 3 is 2.90 bits per heavy atom. The molecule has 3 aromatic rings. The van der Waals surface area contributed by atoms with Crippen molar-refractivity contribution in [3.05, 3.63) is 53.7 Å².